The summed E-state index contributed by atoms with van der Waals surface area (Å²) in [5.74, 6) is 0. The fourth-order valence-corrected chi connectivity index (χ4v) is 2.83. The van der Waals surface area contributed by atoms with Gasteiger partial charge >= 0.3 is 0 Å². The van der Waals surface area contributed by atoms with E-state index in [1.807, 2.05) is 30.4 Å². The lowest BCUT2D eigenvalue weighted by Gasteiger charge is -2.01. The summed E-state index contributed by atoms with van der Waals surface area (Å²) in [5, 5.41) is 4.39. The first-order valence-electron chi connectivity index (χ1n) is 5.16. The van der Waals surface area contributed by atoms with Crippen molar-refractivity contribution in [2.45, 2.75) is 13.5 Å². The maximum absolute atomic E-state index is 5.35. The van der Waals surface area contributed by atoms with Gasteiger partial charge in [-0.05, 0) is 19.1 Å². The van der Waals surface area contributed by atoms with E-state index in [2.05, 4.69) is 19.6 Å². The second-order valence-electron chi connectivity index (χ2n) is 3.89. The lowest BCUT2D eigenvalue weighted by atomic mass is 10.4. The average molecular weight is 265 g/mol. The summed E-state index contributed by atoms with van der Waals surface area (Å²) in [6.07, 6.45) is 1.87. The maximum atomic E-state index is 5.35. The maximum Gasteiger partial charge on any atom is 0.179 e. The van der Waals surface area contributed by atoms with Crippen molar-refractivity contribution in [1.29, 1.82) is 0 Å². The molecule has 0 aliphatic carbocycles. The van der Waals surface area contributed by atoms with Crippen molar-refractivity contribution in [2.75, 3.05) is 0 Å². The van der Waals surface area contributed by atoms with E-state index in [0.29, 0.717) is 0 Å². The number of aryl methyl sites for hydroxylation is 2. The van der Waals surface area contributed by atoms with E-state index in [-0.39, 0.29) is 0 Å². The standard InChI is InChI=1S/C10H11N5S2/c1-6-8-9(14(2)13-6)15(10(16)12-8)4-7-3-11-5-17-7/h3,5H,4H2,1-2H3,(H,12,16). The highest BCUT2D eigenvalue weighted by atomic mass is 32.1. The SMILES string of the molecule is Cc1nn(C)c2c1[nH]c(=S)n2Cc1cncs1. The van der Waals surface area contributed by atoms with Crippen LogP contribution in [0.25, 0.3) is 11.2 Å². The topological polar surface area (TPSA) is 51.4 Å². The van der Waals surface area contributed by atoms with Crippen molar-refractivity contribution in [3.63, 3.8) is 0 Å². The Labute approximate surface area is 107 Å². The summed E-state index contributed by atoms with van der Waals surface area (Å²) in [4.78, 5) is 8.47. The van der Waals surface area contributed by atoms with Crippen LogP contribution < -0.4 is 0 Å². The van der Waals surface area contributed by atoms with E-state index in [4.69, 9.17) is 12.2 Å². The van der Waals surface area contributed by atoms with Crippen LogP contribution in [-0.2, 0) is 13.6 Å². The van der Waals surface area contributed by atoms with E-state index in [1.165, 1.54) is 4.88 Å². The van der Waals surface area contributed by atoms with Crippen LogP contribution in [-0.4, -0.2) is 24.3 Å². The predicted molar refractivity (Wildman–Crippen MR) is 69.8 cm³/mol. The second-order valence-corrected chi connectivity index (χ2v) is 5.25. The van der Waals surface area contributed by atoms with Gasteiger partial charge in [0.15, 0.2) is 10.4 Å². The first kappa shape index (κ1) is 10.7. The van der Waals surface area contributed by atoms with Crippen molar-refractivity contribution in [3.05, 3.63) is 27.0 Å². The number of aromatic nitrogens is 5. The molecule has 17 heavy (non-hydrogen) atoms. The van der Waals surface area contributed by atoms with Crippen molar-refractivity contribution in [3.8, 4) is 0 Å². The zero-order valence-electron chi connectivity index (χ0n) is 9.47. The highest BCUT2D eigenvalue weighted by Crippen LogP contribution is 2.19. The number of fused-ring (bicyclic) bond motifs is 1. The minimum Gasteiger partial charge on any atom is -0.328 e. The fraction of sp³-hybridized carbons (Fsp3) is 0.300. The van der Waals surface area contributed by atoms with Crippen LogP contribution in [0.2, 0.25) is 0 Å². The Morgan fingerprint density at radius 2 is 2.35 bits per heavy atom. The summed E-state index contributed by atoms with van der Waals surface area (Å²) in [6.45, 7) is 2.72. The molecule has 88 valence electrons. The lowest BCUT2D eigenvalue weighted by molar-refractivity contribution is 0.718. The minimum atomic E-state index is 0.726. The van der Waals surface area contributed by atoms with E-state index >= 15 is 0 Å². The van der Waals surface area contributed by atoms with Gasteiger partial charge in [0.05, 0.1) is 17.7 Å². The molecule has 1 N–H and O–H groups in total. The molecule has 0 spiro atoms. The highest BCUT2D eigenvalue weighted by Gasteiger charge is 2.13. The van der Waals surface area contributed by atoms with Crippen LogP contribution in [0.3, 0.4) is 0 Å². The molecular weight excluding hydrogens is 254 g/mol. The van der Waals surface area contributed by atoms with E-state index < -0.39 is 0 Å². The van der Waals surface area contributed by atoms with Crippen LogP contribution in [0.15, 0.2) is 11.7 Å². The van der Waals surface area contributed by atoms with Gasteiger partial charge in [0.1, 0.15) is 5.52 Å². The summed E-state index contributed by atoms with van der Waals surface area (Å²) in [7, 11) is 1.93. The van der Waals surface area contributed by atoms with Crippen molar-refractivity contribution >= 4 is 34.7 Å². The van der Waals surface area contributed by atoms with Crippen molar-refractivity contribution < 1.29 is 0 Å². The Bertz CT molecular complexity index is 716. The predicted octanol–water partition coefficient (Wildman–Crippen LogP) is 2.25. The third-order valence-corrected chi connectivity index (χ3v) is 3.81. The van der Waals surface area contributed by atoms with Crippen LogP contribution in [0.4, 0.5) is 0 Å². The molecule has 0 aliphatic heterocycles. The molecule has 0 aliphatic rings. The average Bonchev–Trinajstić information content (AvgIpc) is 2.93. The largest absolute Gasteiger partial charge is 0.328 e. The zero-order valence-corrected chi connectivity index (χ0v) is 11.1. The van der Waals surface area contributed by atoms with Gasteiger partial charge in [0, 0.05) is 18.1 Å². The van der Waals surface area contributed by atoms with Gasteiger partial charge in [-0.2, -0.15) is 5.10 Å². The fourth-order valence-electron chi connectivity index (χ4n) is 2.00. The first-order chi connectivity index (χ1) is 8.16. The first-order valence-corrected chi connectivity index (χ1v) is 6.45. The Balaban J connectivity index is 2.21. The molecule has 3 heterocycles. The van der Waals surface area contributed by atoms with Gasteiger partial charge in [-0.1, -0.05) is 0 Å². The van der Waals surface area contributed by atoms with Gasteiger partial charge in [0.25, 0.3) is 0 Å². The smallest absolute Gasteiger partial charge is 0.179 e. The van der Waals surface area contributed by atoms with Gasteiger partial charge in [-0.25, -0.2) is 0 Å². The Morgan fingerprint density at radius 1 is 1.53 bits per heavy atom. The Morgan fingerprint density at radius 3 is 3.06 bits per heavy atom. The van der Waals surface area contributed by atoms with Crippen LogP contribution >= 0.6 is 23.6 Å². The molecule has 0 radical (unpaired) electrons. The molecular formula is C10H11N5S2. The van der Waals surface area contributed by atoms with E-state index in [9.17, 15) is 0 Å². The molecule has 0 saturated carbocycles. The molecule has 0 aromatic carbocycles. The summed E-state index contributed by atoms with van der Waals surface area (Å²) in [6, 6.07) is 0. The molecule has 3 aromatic rings. The van der Waals surface area contributed by atoms with Crippen LogP contribution in [0.1, 0.15) is 10.6 Å². The number of hydrogen-bond acceptors (Lipinski definition) is 4. The molecule has 0 bridgehead atoms. The number of nitrogens with one attached hydrogen (secondary N) is 1. The second kappa shape index (κ2) is 3.78. The highest BCUT2D eigenvalue weighted by molar-refractivity contribution is 7.71. The quantitative estimate of drug-likeness (QED) is 0.723. The van der Waals surface area contributed by atoms with Gasteiger partial charge in [-0.3, -0.25) is 14.2 Å². The van der Waals surface area contributed by atoms with Crippen LogP contribution in [0, 0.1) is 11.7 Å². The summed E-state index contributed by atoms with van der Waals surface area (Å²) >= 11 is 6.98. The molecule has 0 fully saturated rings. The van der Waals surface area contributed by atoms with Crippen LogP contribution in [0.5, 0.6) is 0 Å². The number of imidazole rings is 1. The number of hydrogen-bond donors (Lipinski definition) is 1. The number of thiazole rings is 1. The molecule has 3 rings (SSSR count). The summed E-state index contributed by atoms with van der Waals surface area (Å²) in [5.41, 5.74) is 4.84. The molecule has 0 atom stereocenters. The third-order valence-electron chi connectivity index (χ3n) is 2.72. The van der Waals surface area contributed by atoms with Gasteiger partial charge in [0.2, 0.25) is 0 Å². The third kappa shape index (κ3) is 1.62. The molecule has 0 saturated heterocycles. The summed E-state index contributed by atoms with van der Waals surface area (Å²) < 4.78 is 4.64. The van der Waals surface area contributed by atoms with E-state index in [1.54, 1.807) is 11.3 Å². The van der Waals surface area contributed by atoms with E-state index in [0.717, 1.165) is 28.2 Å². The molecule has 5 nitrogen and oxygen atoms in total. The van der Waals surface area contributed by atoms with Gasteiger partial charge < -0.3 is 4.98 Å². The minimum absolute atomic E-state index is 0.726. The molecule has 3 aromatic heterocycles. The lowest BCUT2D eigenvalue weighted by Crippen LogP contribution is -2.03. The molecule has 0 unspecified atom stereocenters. The normalized spacial score (nSPS) is 11.4. The monoisotopic (exact) mass is 265 g/mol. The Kier molecular flexibility index (Phi) is 2.37. The van der Waals surface area contributed by atoms with Gasteiger partial charge in [-0.15, -0.1) is 11.3 Å². The number of aromatic amines is 1. The van der Waals surface area contributed by atoms with Crippen molar-refractivity contribution in [1.82, 2.24) is 24.3 Å². The number of rotatable bonds is 2. The van der Waals surface area contributed by atoms with Crippen molar-refractivity contribution in [2.24, 2.45) is 7.05 Å². The number of H-pyrrole nitrogens is 1. The Hall–Kier alpha value is -1.47. The number of nitrogens with zero attached hydrogens (tertiary/aromatic N) is 4. The zero-order chi connectivity index (χ0) is 12.0. The molecule has 0 amide bonds. The molecule has 7 heteroatoms.